The van der Waals surface area contributed by atoms with Crippen molar-refractivity contribution in [1.82, 2.24) is 9.55 Å². The Labute approximate surface area is 166 Å². The molecule has 2 heterocycles. The molecular weight excluding hydrogens is 376 g/mol. The predicted molar refractivity (Wildman–Crippen MR) is 111 cm³/mol. The van der Waals surface area contributed by atoms with Gasteiger partial charge in [0, 0.05) is 0 Å². The largest absolute Gasteiger partial charge is 0.447 e. The number of aromatic nitrogens is 2. The molecule has 0 bridgehead atoms. The molecule has 1 saturated heterocycles. The second-order valence-electron chi connectivity index (χ2n) is 6.37. The highest BCUT2D eigenvalue weighted by atomic mass is 32.2. The minimum Gasteiger partial charge on any atom is -0.447 e. The fraction of sp³-hybridized carbons (Fsp3) is 0.250. The lowest BCUT2D eigenvalue weighted by Crippen LogP contribution is -2.26. The molecular formula is C20H20N4O3S. The molecule has 0 atom stereocenters. The van der Waals surface area contributed by atoms with Crippen molar-refractivity contribution in [2.45, 2.75) is 12.3 Å². The van der Waals surface area contributed by atoms with E-state index in [-0.39, 0.29) is 12.5 Å². The summed E-state index contributed by atoms with van der Waals surface area (Å²) in [5, 5.41) is 2.94. The van der Waals surface area contributed by atoms with Crippen LogP contribution < -0.4 is 10.2 Å². The third-order valence-electron chi connectivity index (χ3n) is 4.54. The maximum absolute atomic E-state index is 12.8. The molecule has 1 aliphatic heterocycles. The molecule has 1 fully saturated rings. The monoisotopic (exact) mass is 396 g/mol. The zero-order chi connectivity index (χ0) is 19.5. The van der Waals surface area contributed by atoms with Gasteiger partial charge < -0.3 is 14.6 Å². The van der Waals surface area contributed by atoms with Gasteiger partial charge in [0.15, 0.2) is 0 Å². The van der Waals surface area contributed by atoms with Gasteiger partial charge in [-0.15, -0.1) is 0 Å². The quantitative estimate of drug-likeness (QED) is 0.690. The van der Waals surface area contributed by atoms with E-state index in [2.05, 4.69) is 10.3 Å². The minimum atomic E-state index is -0.399. The minimum absolute atomic E-state index is 0.148. The molecule has 2 amide bonds. The van der Waals surface area contributed by atoms with Gasteiger partial charge in [0.05, 0.1) is 34.7 Å². The van der Waals surface area contributed by atoms with Gasteiger partial charge in [-0.1, -0.05) is 24.3 Å². The van der Waals surface area contributed by atoms with Crippen LogP contribution in [0.5, 0.6) is 0 Å². The van der Waals surface area contributed by atoms with E-state index >= 15 is 0 Å². The summed E-state index contributed by atoms with van der Waals surface area (Å²) >= 11 is 1.66. The molecule has 0 aliphatic carbocycles. The van der Waals surface area contributed by atoms with E-state index in [0.717, 1.165) is 22.6 Å². The summed E-state index contributed by atoms with van der Waals surface area (Å²) in [6.45, 7) is 0.963. The highest BCUT2D eigenvalue weighted by molar-refractivity contribution is 7.97. The van der Waals surface area contributed by atoms with Gasteiger partial charge in [0.2, 0.25) is 5.91 Å². The normalized spacial score (nSPS) is 13.8. The summed E-state index contributed by atoms with van der Waals surface area (Å²) in [7, 11) is 0. The first-order valence-electron chi connectivity index (χ1n) is 8.93. The summed E-state index contributed by atoms with van der Waals surface area (Å²) in [5.74, 6) is 1.41. The number of hydrogen-bond donors (Lipinski definition) is 1. The third kappa shape index (κ3) is 3.55. The van der Waals surface area contributed by atoms with E-state index in [1.54, 1.807) is 23.9 Å². The van der Waals surface area contributed by atoms with E-state index in [1.165, 1.54) is 4.90 Å². The van der Waals surface area contributed by atoms with Crippen LogP contribution in [0.25, 0.3) is 11.0 Å². The molecule has 4 rings (SSSR count). The van der Waals surface area contributed by atoms with Crippen molar-refractivity contribution >= 4 is 46.2 Å². The van der Waals surface area contributed by atoms with Gasteiger partial charge in [-0.3, -0.25) is 9.69 Å². The second kappa shape index (κ2) is 7.93. The Balaban J connectivity index is 1.59. The van der Waals surface area contributed by atoms with Crippen LogP contribution in [0.4, 0.5) is 16.2 Å². The van der Waals surface area contributed by atoms with E-state index < -0.39 is 6.09 Å². The number of rotatable bonds is 6. The van der Waals surface area contributed by atoms with Gasteiger partial charge in [-0.25, -0.2) is 9.78 Å². The van der Waals surface area contributed by atoms with Crippen molar-refractivity contribution < 1.29 is 14.3 Å². The fourth-order valence-corrected chi connectivity index (χ4v) is 3.78. The molecule has 0 unspecified atom stereocenters. The SMILES string of the molecule is CSCc1nc2ccccc2n1CC(=O)Nc1ccccc1N1CCOC1=O. The summed E-state index contributed by atoms with van der Waals surface area (Å²) in [4.78, 5) is 30.9. The number of nitrogens with one attached hydrogen (secondary N) is 1. The van der Waals surface area contributed by atoms with Crippen molar-refractivity contribution in [2.75, 3.05) is 29.6 Å². The smallest absolute Gasteiger partial charge is 0.414 e. The first-order chi connectivity index (χ1) is 13.7. The highest BCUT2D eigenvalue weighted by Crippen LogP contribution is 2.28. The van der Waals surface area contributed by atoms with Gasteiger partial charge in [-0.2, -0.15) is 11.8 Å². The van der Waals surface area contributed by atoms with E-state index in [9.17, 15) is 9.59 Å². The van der Waals surface area contributed by atoms with Gasteiger partial charge in [0.25, 0.3) is 0 Å². The lowest BCUT2D eigenvalue weighted by Gasteiger charge is -2.18. The fourth-order valence-electron chi connectivity index (χ4n) is 3.30. The lowest BCUT2D eigenvalue weighted by molar-refractivity contribution is -0.116. The van der Waals surface area contributed by atoms with Crippen molar-refractivity contribution in [1.29, 1.82) is 0 Å². The molecule has 144 valence electrons. The molecule has 28 heavy (non-hydrogen) atoms. The van der Waals surface area contributed by atoms with Crippen molar-refractivity contribution in [2.24, 2.45) is 0 Å². The number of nitrogens with zero attached hydrogens (tertiary/aromatic N) is 3. The number of imidazole rings is 1. The van der Waals surface area contributed by atoms with Crippen LogP contribution in [0.1, 0.15) is 5.82 Å². The number of para-hydroxylation sites is 4. The van der Waals surface area contributed by atoms with Crippen LogP contribution in [0.15, 0.2) is 48.5 Å². The maximum atomic E-state index is 12.8. The topological polar surface area (TPSA) is 76.5 Å². The predicted octanol–water partition coefficient (Wildman–Crippen LogP) is 3.49. The van der Waals surface area contributed by atoms with Gasteiger partial charge in [-0.05, 0) is 30.5 Å². The average Bonchev–Trinajstić information content (AvgIpc) is 3.26. The van der Waals surface area contributed by atoms with Crippen molar-refractivity contribution in [3.63, 3.8) is 0 Å². The van der Waals surface area contributed by atoms with E-state index in [4.69, 9.17) is 4.74 Å². The Hall–Kier alpha value is -3.00. The Morgan fingerprint density at radius 3 is 2.79 bits per heavy atom. The van der Waals surface area contributed by atoms with Crippen LogP contribution in [0.2, 0.25) is 0 Å². The summed E-state index contributed by atoms with van der Waals surface area (Å²) in [6, 6.07) is 15.0. The molecule has 0 radical (unpaired) electrons. The molecule has 0 spiro atoms. The molecule has 3 aromatic rings. The van der Waals surface area contributed by atoms with E-state index in [0.29, 0.717) is 24.5 Å². The number of anilines is 2. The molecule has 0 saturated carbocycles. The van der Waals surface area contributed by atoms with Gasteiger partial charge in [0.1, 0.15) is 19.0 Å². The number of fused-ring (bicyclic) bond motifs is 1. The summed E-state index contributed by atoms with van der Waals surface area (Å²) < 4.78 is 6.95. The zero-order valence-corrected chi connectivity index (χ0v) is 16.2. The number of benzene rings is 2. The van der Waals surface area contributed by atoms with Crippen molar-refractivity contribution in [3.05, 3.63) is 54.4 Å². The van der Waals surface area contributed by atoms with Crippen molar-refractivity contribution in [3.8, 4) is 0 Å². The zero-order valence-electron chi connectivity index (χ0n) is 15.4. The number of amides is 2. The molecule has 1 N–H and O–H groups in total. The Bertz CT molecular complexity index is 1030. The number of cyclic esters (lactones) is 1. The molecule has 1 aliphatic rings. The molecule has 1 aromatic heterocycles. The number of carbonyl (C=O) groups is 2. The van der Waals surface area contributed by atoms with Crippen LogP contribution in [0, 0.1) is 0 Å². The molecule has 7 nitrogen and oxygen atoms in total. The molecule has 2 aromatic carbocycles. The summed E-state index contributed by atoms with van der Waals surface area (Å²) in [5.41, 5.74) is 3.03. The Morgan fingerprint density at radius 1 is 1.21 bits per heavy atom. The Morgan fingerprint density at radius 2 is 2.00 bits per heavy atom. The maximum Gasteiger partial charge on any atom is 0.414 e. The summed E-state index contributed by atoms with van der Waals surface area (Å²) in [6.07, 6.45) is 1.61. The first-order valence-corrected chi connectivity index (χ1v) is 10.3. The number of thioether (sulfide) groups is 1. The third-order valence-corrected chi connectivity index (χ3v) is 5.09. The average molecular weight is 396 g/mol. The van der Waals surface area contributed by atoms with Crippen LogP contribution in [-0.4, -0.2) is 41.0 Å². The molecule has 8 heteroatoms. The number of ether oxygens (including phenoxy) is 1. The lowest BCUT2D eigenvalue weighted by atomic mass is 10.2. The van der Waals surface area contributed by atoms with Gasteiger partial charge >= 0.3 is 6.09 Å². The highest BCUT2D eigenvalue weighted by Gasteiger charge is 2.26. The van der Waals surface area contributed by atoms with Crippen LogP contribution >= 0.6 is 11.8 Å². The van der Waals surface area contributed by atoms with E-state index in [1.807, 2.05) is 47.2 Å². The second-order valence-corrected chi connectivity index (χ2v) is 7.23. The Kier molecular flexibility index (Phi) is 5.21. The standard InChI is InChI=1S/C20H20N4O3S/c1-28-13-18-21-14-6-2-5-9-17(14)24(18)12-19(25)22-15-7-3-4-8-16(15)23-10-11-27-20(23)26/h2-9H,10-13H2,1H3,(H,22,25). The van der Waals surface area contributed by atoms with Crippen LogP contribution in [0.3, 0.4) is 0 Å². The number of hydrogen-bond acceptors (Lipinski definition) is 5. The number of carbonyl (C=O) groups excluding carboxylic acids is 2. The first kappa shape index (κ1) is 18.4. The van der Waals surface area contributed by atoms with Crippen LogP contribution in [-0.2, 0) is 21.8 Å².